The van der Waals surface area contributed by atoms with Gasteiger partial charge in [-0.15, -0.1) is 0 Å². The monoisotopic (exact) mass is 456 g/mol. The molecule has 0 fully saturated rings. The number of hydrogen-bond acceptors (Lipinski definition) is 4. The van der Waals surface area contributed by atoms with Gasteiger partial charge in [0.15, 0.2) is 11.5 Å². The van der Waals surface area contributed by atoms with Crippen molar-refractivity contribution in [2.24, 2.45) is 0 Å². The topological polar surface area (TPSA) is 33.7 Å². The summed E-state index contributed by atoms with van der Waals surface area (Å²) >= 11 is 12.6. The Balaban J connectivity index is 1.98. The van der Waals surface area contributed by atoms with Gasteiger partial charge in [0.2, 0.25) is 0 Å². The van der Waals surface area contributed by atoms with Gasteiger partial charge in [-0.1, -0.05) is 43.1 Å². The van der Waals surface area contributed by atoms with Crippen molar-refractivity contribution in [1.82, 2.24) is 10.2 Å². The average molecular weight is 457 g/mol. The van der Waals surface area contributed by atoms with E-state index in [0.29, 0.717) is 40.3 Å². The van der Waals surface area contributed by atoms with Gasteiger partial charge in [-0.3, -0.25) is 0 Å². The first-order chi connectivity index (χ1) is 14.5. The molecule has 0 aliphatic carbocycles. The molecular weight excluding hydrogens is 426 g/mol. The highest BCUT2D eigenvalue weighted by Crippen LogP contribution is 2.37. The summed E-state index contributed by atoms with van der Waals surface area (Å²) in [5.41, 5.74) is 1.70. The minimum Gasteiger partial charge on any atom is -0.490 e. The zero-order chi connectivity index (χ0) is 21.9. The summed E-state index contributed by atoms with van der Waals surface area (Å²) < 4.78 is 24.9. The van der Waals surface area contributed by atoms with Crippen LogP contribution in [0.3, 0.4) is 0 Å². The minimum absolute atomic E-state index is 0.169. The molecule has 0 saturated carbocycles. The number of ether oxygens (including phenoxy) is 2. The van der Waals surface area contributed by atoms with Crippen molar-refractivity contribution in [2.75, 3.05) is 32.8 Å². The molecule has 0 aromatic heterocycles. The second kappa shape index (κ2) is 13.0. The van der Waals surface area contributed by atoms with Crippen LogP contribution in [0.2, 0.25) is 10.0 Å². The maximum absolute atomic E-state index is 13.2. The number of hydrogen-bond donors (Lipinski definition) is 1. The zero-order valence-electron chi connectivity index (χ0n) is 17.9. The first-order valence-electron chi connectivity index (χ1n) is 10.4. The van der Waals surface area contributed by atoms with Crippen LogP contribution in [-0.2, 0) is 13.2 Å². The van der Waals surface area contributed by atoms with Gasteiger partial charge in [0.05, 0.1) is 16.7 Å². The van der Waals surface area contributed by atoms with Crippen molar-refractivity contribution < 1.29 is 13.9 Å². The van der Waals surface area contributed by atoms with Crippen molar-refractivity contribution in [3.8, 4) is 11.5 Å². The van der Waals surface area contributed by atoms with E-state index in [4.69, 9.17) is 32.7 Å². The van der Waals surface area contributed by atoms with E-state index in [1.807, 2.05) is 19.1 Å². The van der Waals surface area contributed by atoms with Crippen molar-refractivity contribution in [1.29, 1.82) is 0 Å². The summed E-state index contributed by atoms with van der Waals surface area (Å²) in [4.78, 5) is 2.41. The van der Waals surface area contributed by atoms with Gasteiger partial charge in [-0.05, 0) is 69.4 Å². The Bertz CT molecular complexity index is 801. The molecule has 0 saturated heterocycles. The lowest BCUT2D eigenvalue weighted by molar-refractivity contribution is 0.269. The molecule has 2 aromatic carbocycles. The summed E-state index contributed by atoms with van der Waals surface area (Å²) in [7, 11) is 0. The quantitative estimate of drug-likeness (QED) is 0.378. The molecule has 2 aromatic rings. The predicted octanol–water partition coefficient (Wildman–Crippen LogP) is 5.93. The van der Waals surface area contributed by atoms with Crippen LogP contribution in [-0.4, -0.2) is 37.7 Å². The molecule has 0 spiro atoms. The highest BCUT2D eigenvalue weighted by molar-refractivity contribution is 6.32. The van der Waals surface area contributed by atoms with E-state index >= 15 is 0 Å². The van der Waals surface area contributed by atoms with Gasteiger partial charge in [-0.25, -0.2) is 4.39 Å². The molecule has 0 bridgehead atoms. The predicted molar refractivity (Wildman–Crippen MR) is 122 cm³/mol. The highest BCUT2D eigenvalue weighted by atomic mass is 35.5. The van der Waals surface area contributed by atoms with E-state index in [1.54, 1.807) is 6.07 Å². The molecule has 0 amide bonds. The van der Waals surface area contributed by atoms with E-state index < -0.39 is 0 Å². The van der Waals surface area contributed by atoms with Crippen LogP contribution in [0.5, 0.6) is 11.5 Å². The SMILES string of the molecule is CCOc1cc(CNCCCN(CC)CC)cc(Cl)c1OCc1ccc(F)cc1Cl. The van der Waals surface area contributed by atoms with Gasteiger partial charge < -0.3 is 19.7 Å². The summed E-state index contributed by atoms with van der Waals surface area (Å²) in [6.45, 7) is 11.8. The van der Waals surface area contributed by atoms with Crippen LogP contribution >= 0.6 is 23.2 Å². The van der Waals surface area contributed by atoms with E-state index in [1.165, 1.54) is 12.1 Å². The largest absolute Gasteiger partial charge is 0.490 e. The van der Waals surface area contributed by atoms with Crippen molar-refractivity contribution in [3.63, 3.8) is 0 Å². The first-order valence-corrected chi connectivity index (χ1v) is 11.2. The summed E-state index contributed by atoms with van der Waals surface area (Å²) in [6.07, 6.45) is 1.09. The number of nitrogens with one attached hydrogen (secondary N) is 1. The van der Waals surface area contributed by atoms with E-state index in [9.17, 15) is 4.39 Å². The molecule has 4 nitrogen and oxygen atoms in total. The standard InChI is InChI=1S/C23H31Cl2FN2O2/c1-4-28(5-2)11-7-10-27-15-17-12-21(25)23(22(13-17)29-6-3)30-16-18-8-9-19(26)14-20(18)24/h8-9,12-14,27H,4-7,10-11,15-16H2,1-3H3. The van der Waals surface area contributed by atoms with Gasteiger partial charge >= 0.3 is 0 Å². The highest BCUT2D eigenvalue weighted by Gasteiger charge is 2.14. The summed E-state index contributed by atoms with van der Waals surface area (Å²) in [6, 6.07) is 8.03. The Morgan fingerprint density at radius 3 is 2.43 bits per heavy atom. The molecule has 0 radical (unpaired) electrons. The molecule has 0 heterocycles. The molecule has 0 unspecified atom stereocenters. The normalized spacial score (nSPS) is 11.2. The molecule has 166 valence electrons. The smallest absolute Gasteiger partial charge is 0.180 e. The van der Waals surface area contributed by atoms with Gasteiger partial charge in [0.25, 0.3) is 0 Å². The molecular formula is C23H31Cl2FN2O2. The lowest BCUT2D eigenvalue weighted by atomic mass is 10.2. The average Bonchev–Trinajstić information content (AvgIpc) is 2.71. The fraction of sp³-hybridized carbons (Fsp3) is 0.478. The lowest BCUT2D eigenvalue weighted by Crippen LogP contribution is -2.27. The third-order valence-corrected chi connectivity index (χ3v) is 5.44. The van der Waals surface area contributed by atoms with Crippen LogP contribution in [0.4, 0.5) is 4.39 Å². The Morgan fingerprint density at radius 1 is 1.00 bits per heavy atom. The van der Waals surface area contributed by atoms with Gasteiger partial charge in [0.1, 0.15) is 12.4 Å². The fourth-order valence-corrected chi connectivity index (χ4v) is 3.62. The van der Waals surface area contributed by atoms with E-state index in [0.717, 1.165) is 38.2 Å². The van der Waals surface area contributed by atoms with Gasteiger partial charge in [-0.2, -0.15) is 0 Å². The first kappa shape index (κ1) is 24.7. The number of benzene rings is 2. The van der Waals surface area contributed by atoms with Crippen LogP contribution in [0, 0.1) is 5.82 Å². The second-order valence-electron chi connectivity index (χ2n) is 6.92. The lowest BCUT2D eigenvalue weighted by Gasteiger charge is -2.18. The number of nitrogens with zero attached hydrogens (tertiary/aromatic N) is 1. The Labute approximate surface area is 189 Å². The summed E-state index contributed by atoms with van der Waals surface area (Å²) in [5.74, 6) is 0.665. The maximum atomic E-state index is 13.2. The van der Waals surface area contributed by atoms with Crippen LogP contribution < -0.4 is 14.8 Å². The number of halogens is 3. The molecule has 1 N–H and O–H groups in total. The van der Waals surface area contributed by atoms with Crippen molar-refractivity contribution >= 4 is 23.2 Å². The molecule has 0 aliphatic rings. The van der Waals surface area contributed by atoms with Gasteiger partial charge in [0, 0.05) is 12.1 Å². The Morgan fingerprint density at radius 2 is 1.77 bits per heavy atom. The second-order valence-corrected chi connectivity index (χ2v) is 7.73. The Kier molecular flexibility index (Phi) is 10.7. The third kappa shape index (κ3) is 7.62. The van der Waals surface area contributed by atoms with Crippen LogP contribution in [0.1, 0.15) is 38.3 Å². The molecule has 0 aliphatic heterocycles. The molecule has 7 heteroatoms. The van der Waals surface area contributed by atoms with E-state index in [-0.39, 0.29) is 12.4 Å². The maximum Gasteiger partial charge on any atom is 0.180 e. The van der Waals surface area contributed by atoms with Crippen molar-refractivity contribution in [3.05, 3.63) is 57.3 Å². The third-order valence-electron chi connectivity index (χ3n) is 4.81. The van der Waals surface area contributed by atoms with Crippen molar-refractivity contribution in [2.45, 2.75) is 40.3 Å². The Hall–Kier alpha value is -1.53. The van der Waals surface area contributed by atoms with Crippen LogP contribution in [0.15, 0.2) is 30.3 Å². The minimum atomic E-state index is -0.384. The molecule has 2 rings (SSSR count). The molecule has 0 atom stereocenters. The molecule has 30 heavy (non-hydrogen) atoms. The summed E-state index contributed by atoms with van der Waals surface area (Å²) in [5, 5.41) is 4.24. The van der Waals surface area contributed by atoms with Crippen LogP contribution in [0.25, 0.3) is 0 Å². The van der Waals surface area contributed by atoms with E-state index in [2.05, 4.69) is 24.1 Å². The zero-order valence-corrected chi connectivity index (χ0v) is 19.5. The fourth-order valence-electron chi connectivity index (χ4n) is 3.12. The number of rotatable bonds is 13.